The Hall–Kier alpha value is -1.00. The lowest BCUT2D eigenvalue weighted by Gasteiger charge is -2.15. The van der Waals surface area contributed by atoms with Crippen molar-refractivity contribution in [3.63, 3.8) is 0 Å². The van der Waals surface area contributed by atoms with Crippen LogP contribution in [-0.4, -0.2) is 36.8 Å². The number of hydrogen-bond donors (Lipinski definition) is 1. The maximum absolute atomic E-state index is 5.36. The Morgan fingerprint density at radius 1 is 1.21 bits per heavy atom. The van der Waals surface area contributed by atoms with Crippen molar-refractivity contribution in [3.05, 3.63) is 22.8 Å². The Kier molecular flexibility index (Phi) is 6.95. The van der Waals surface area contributed by atoms with Crippen molar-refractivity contribution in [1.29, 1.82) is 0 Å². The minimum atomic E-state index is 0.597. The lowest BCUT2D eigenvalue weighted by atomic mass is 9.98. The smallest absolute Gasteiger partial charge is 0.131 e. The first kappa shape index (κ1) is 16.1. The van der Waals surface area contributed by atoms with Gasteiger partial charge < -0.3 is 10.1 Å². The summed E-state index contributed by atoms with van der Waals surface area (Å²) in [7, 11) is 1.99. The molecule has 0 radical (unpaired) electrons. The molecule has 108 valence electrons. The summed E-state index contributed by atoms with van der Waals surface area (Å²) in [5.41, 5.74) is 3.52. The Labute approximate surface area is 117 Å². The standard InChI is InChI=1S/C15H27N3O/c1-6-19-8-7-15-17-12(3)14(13(4)18-15)9-11(2)10-16-5/h11,16H,6-10H2,1-5H3. The highest BCUT2D eigenvalue weighted by Gasteiger charge is 2.11. The molecule has 0 bridgehead atoms. The minimum absolute atomic E-state index is 0.597. The van der Waals surface area contributed by atoms with Gasteiger partial charge in [-0.2, -0.15) is 0 Å². The molecule has 0 aliphatic rings. The van der Waals surface area contributed by atoms with Crippen LogP contribution in [0, 0.1) is 19.8 Å². The van der Waals surface area contributed by atoms with E-state index in [-0.39, 0.29) is 0 Å². The number of nitrogens with zero attached hydrogens (tertiary/aromatic N) is 2. The van der Waals surface area contributed by atoms with Gasteiger partial charge in [0.1, 0.15) is 5.82 Å². The second kappa shape index (κ2) is 8.23. The van der Waals surface area contributed by atoms with E-state index in [4.69, 9.17) is 4.74 Å². The molecule has 4 heteroatoms. The molecule has 0 aliphatic carbocycles. The van der Waals surface area contributed by atoms with E-state index in [0.717, 1.165) is 43.2 Å². The highest BCUT2D eigenvalue weighted by Crippen LogP contribution is 2.15. The van der Waals surface area contributed by atoms with Crippen molar-refractivity contribution in [2.75, 3.05) is 26.8 Å². The van der Waals surface area contributed by atoms with Gasteiger partial charge in [-0.3, -0.25) is 0 Å². The molecular weight excluding hydrogens is 238 g/mol. The fourth-order valence-corrected chi connectivity index (χ4v) is 2.29. The summed E-state index contributed by atoms with van der Waals surface area (Å²) in [6, 6.07) is 0. The number of hydrogen-bond acceptors (Lipinski definition) is 4. The predicted octanol–water partition coefficient (Wildman–Crippen LogP) is 2.07. The SMILES string of the molecule is CCOCCc1nc(C)c(CC(C)CNC)c(C)n1. The summed E-state index contributed by atoms with van der Waals surface area (Å²) in [5.74, 6) is 1.49. The normalized spacial score (nSPS) is 12.7. The van der Waals surface area contributed by atoms with Crippen molar-refractivity contribution in [1.82, 2.24) is 15.3 Å². The predicted molar refractivity (Wildman–Crippen MR) is 78.5 cm³/mol. The topological polar surface area (TPSA) is 47.0 Å². The Bertz CT molecular complexity index is 370. The number of nitrogens with one attached hydrogen (secondary N) is 1. The van der Waals surface area contributed by atoms with E-state index in [9.17, 15) is 0 Å². The molecule has 0 amide bonds. The van der Waals surface area contributed by atoms with Crippen molar-refractivity contribution >= 4 is 0 Å². The molecule has 1 unspecified atom stereocenters. The van der Waals surface area contributed by atoms with E-state index in [0.29, 0.717) is 12.5 Å². The van der Waals surface area contributed by atoms with E-state index in [1.165, 1.54) is 5.56 Å². The van der Waals surface area contributed by atoms with Crippen molar-refractivity contribution in [3.8, 4) is 0 Å². The first-order valence-electron chi connectivity index (χ1n) is 7.13. The van der Waals surface area contributed by atoms with Gasteiger partial charge in [0.25, 0.3) is 0 Å². The Morgan fingerprint density at radius 2 is 1.84 bits per heavy atom. The second-order valence-corrected chi connectivity index (χ2v) is 5.10. The van der Waals surface area contributed by atoms with E-state index in [1.54, 1.807) is 0 Å². The molecule has 1 aromatic heterocycles. The van der Waals surface area contributed by atoms with Crippen LogP contribution in [0.1, 0.15) is 36.6 Å². The molecule has 1 heterocycles. The molecule has 0 aromatic carbocycles. The molecular formula is C15H27N3O. The van der Waals surface area contributed by atoms with Gasteiger partial charge >= 0.3 is 0 Å². The molecule has 19 heavy (non-hydrogen) atoms. The number of aryl methyl sites for hydroxylation is 2. The highest BCUT2D eigenvalue weighted by molar-refractivity contribution is 5.25. The first-order chi connectivity index (χ1) is 9.08. The van der Waals surface area contributed by atoms with Crippen molar-refractivity contribution in [2.45, 2.75) is 40.5 Å². The van der Waals surface area contributed by atoms with E-state index in [2.05, 4.69) is 36.1 Å². The zero-order valence-electron chi connectivity index (χ0n) is 12.9. The summed E-state index contributed by atoms with van der Waals surface area (Å²) in [6.07, 6.45) is 1.83. The summed E-state index contributed by atoms with van der Waals surface area (Å²) >= 11 is 0. The van der Waals surface area contributed by atoms with Crippen molar-refractivity contribution < 1.29 is 4.74 Å². The minimum Gasteiger partial charge on any atom is -0.381 e. The average Bonchev–Trinajstić information content (AvgIpc) is 2.34. The second-order valence-electron chi connectivity index (χ2n) is 5.10. The van der Waals surface area contributed by atoms with Crippen LogP contribution in [0.3, 0.4) is 0 Å². The number of aromatic nitrogens is 2. The van der Waals surface area contributed by atoms with Gasteiger partial charge in [0.05, 0.1) is 6.61 Å². The Balaban J connectivity index is 2.73. The molecule has 0 saturated heterocycles. The molecule has 1 N–H and O–H groups in total. The molecule has 0 aliphatic heterocycles. The van der Waals surface area contributed by atoms with Crippen LogP contribution in [0.15, 0.2) is 0 Å². The van der Waals surface area contributed by atoms with Crippen LogP contribution in [-0.2, 0) is 17.6 Å². The molecule has 1 rings (SSSR count). The van der Waals surface area contributed by atoms with Gasteiger partial charge in [-0.1, -0.05) is 6.92 Å². The summed E-state index contributed by atoms with van der Waals surface area (Å²) < 4.78 is 5.36. The molecule has 4 nitrogen and oxygen atoms in total. The van der Waals surface area contributed by atoms with Gasteiger partial charge in [0, 0.05) is 24.4 Å². The monoisotopic (exact) mass is 265 g/mol. The lowest BCUT2D eigenvalue weighted by molar-refractivity contribution is 0.149. The summed E-state index contributed by atoms with van der Waals surface area (Å²) in [6.45, 7) is 10.9. The largest absolute Gasteiger partial charge is 0.381 e. The highest BCUT2D eigenvalue weighted by atomic mass is 16.5. The third kappa shape index (κ3) is 5.25. The zero-order valence-corrected chi connectivity index (χ0v) is 12.9. The van der Waals surface area contributed by atoms with Gasteiger partial charge in [-0.15, -0.1) is 0 Å². The molecule has 1 aromatic rings. The molecule has 0 fully saturated rings. The average molecular weight is 265 g/mol. The lowest BCUT2D eigenvalue weighted by Crippen LogP contribution is -2.19. The van der Waals surface area contributed by atoms with Crippen LogP contribution in [0.2, 0.25) is 0 Å². The fourth-order valence-electron chi connectivity index (χ4n) is 2.29. The van der Waals surface area contributed by atoms with E-state index in [1.807, 2.05) is 14.0 Å². The van der Waals surface area contributed by atoms with Crippen LogP contribution < -0.4 is 5.32 Å². The van der Waals surface area contributed by atoms with Crippen LogP contribution in [0.5, 0.6) is 0 Å². The van der Waals surface area contributed by atoms with Crippen LogP contribution in [0.4, 0.5) is 0 Å². The van der Waals surface area contributed by atoms with Gasteiger partial charge in [-0.25, -0.2) is 9.97 Å². The van der Waals surface area contributed by atoms with Crippen LogP contribution in [0.25, 0.3) is 0 Å². The van der Waals surface area contributed by atoms with Gasteiger partial charge in [0.15, 0.2) is 0 Å². The van der Waals surface area contributed by atoms with E-state index < -0.39 is 0 Å². The number of ether oxygens (including phenoxy) is 1. The quantitative estimate of drug-likeness (QED) is 0.731. The fraction of sp³-hybridized carbons (Fsp3) is 0.733. The maximum atomic E-state index is 5.36. The molecule has 1 atom stereocenters. The maximum Gasteiger partial charge on any atom is 0.131 e. The molecule has 0 saturated carbocycles. The van der Waals surface area contributed by atoms with Gasteiger partial charge in [0.2, 0.25) is 0 Å². The number of rotatable bonds is 8. The third-order valence-corrected chi connectivity index (χ3v) is 3.25. The van der Waals surface area contributed by atoms with Gasteiger partial charge in [-0.05, 0) is 52.3 Å². The Morgan fingerprint density at radius 3 is 2.37 bits per heavy atom. The zero-order chi connectivity index (χ0) is 14.3. The first-order valence-corrected chi connectivity index (χ1v) is 7.13. The molecule has 0 spiro atoms. The summed E-state index contributed by atoms with van der Waals surface area (Å²) in [4.78, 5) is 9.21. The van der Waals surface area contributed by atoms with Crippen molar-refractivity contribution in [2.24, 2.45) is 5.92 Å². The third-order valence-electron chi connectivity index (χ3n) is 3.25. The van der Waals surface area contributed by atoms with E-state index >= 15 is 0 Å². The summed E-state index contributed by atoms with van der Waals surface area (Å²) in [5, 5.41) is 3.22. The van der Waals surface area contributed by atoms with Crippen LogP contribution >= 0.6 is 0 Å².